The zero-order valence-corrected chi connectivity index (χ0v) is 18.6. The highest BCUT2D eigenvalue weighted by Crippen LogP contribution is 2.29. The van der Waals surface area contributed by atoms with Gasteiger partial charge < -0.3 is 13.7 Å². The second-order valence-corrected chi connectivity index (χ2v) is 8.04. The van der Waals surface area contributed by atoms with E-state index in [1.54, 1.807) is 13.4 Å². The average Bonchev–Trinajstić information content (AvgIpc) is 3.51. The molecular formula is C23H24N4O3S. The van der Waals surface area contributed by atoms with Gasteiger partial charge in [0.1, 0.15) is 0 Å². The molecule has 7 nitrogen and oxygen atoms in total. The van der Waals surface area contributed by atoms with Crippen LogP contribution in [0.4, 0.5) is 0 Å². The maximum atomic E-state index is 13.0. The Kier molecular flexibility index (Phi) is 6.39. The van der Waals surface area contributed by atoms with Gasteiger partial charge in [-0.3, -0.25) is 9.36 Å². The summed E-state index contributed by atoms with van der Waals surface area (Å²) in [6.07, 6.45) is 1.61. The second-order valence-electron chi connectivity index (χ2n) is 7.10. The molecule has 0 spiro atoms. The van der Waals surface area contributed by atoms with Crippen LogP contribution in [0.25, 0.3) is 17.3 Å². The molecule has 0 saturated carbocycles. The summed E-state index contributed by atoms with van der Waals surface area (Å²) in [6.45, 7) is 5.31. The van der Waals surface area contributed by atoms with Crippen molar-refractivity contribution in [3.8, 4) is 17.3 Å². The van der Waals surface area contributed by atoms with Crippen LogP contribution in [-0.2, 0) is 11.3 Å². The predicted molar refractivity (Wildman–Crippen MR) is 120 cm³/mol. The summed E-state index contributed by atoms with van der Waals surface area (Å²) in [6, 6.07) is 15.4. The van der Waals surface area contributed by atoms with Gasteiger partial charge in [-0.15, -0.1) is 10.2 Å². The molecule has 0 aliphatic carbocycles. The number of hydrogen-bond acceptors (Lipinski definition) is 6. The largest absolute Gasteiger partial charge is 0.461 e. The van der Waals surface area contributed by atoms with Crippen LogP contribution in [0, 0.1) is 13.8 Å². The number of methoxy groups -OCH3 is 1. The standard InChI is InChI=1S/C23H24N4O3S/c1-16-14-19(17(2)26(16)11-13-29-3)20(28)15-31-23-25-24-22(21-10-7-12-30-21)27(23)18-8-5-4-6-9-18/h4-10,12,14H,11,13,15H2,1-3H3. The second kappa shape index (κ2) is 9.36. The molecule has 160 valence electrons. The van der Waals surface area contributed by atoms with Gasteiger partial charge in [-0.25, -0.2) is 0 Å². The molecular weight excluding hydrogens is 412 g/mol. The molecule has 0 saturated heterocycles. The van der Waals surface area contributed by atoms with Crippen molar-refractivity contribution in [2.24, 2.45) is 0 Å². The molecule has 0 N–H and O–H groups in total. The zero-order chi connectivity index (χ0) is 21.8. The number of carbonyl (C=O) groups is 1. The van der Waals surface area contributed by atoms with E-state index in [1.807, 2.05) is 66.9 Å². The molecule has 0 radical (unpaired) electrons. The van der Waals surface area contributed by atoms with Gasteiger partial charge in [0.05, 0.1) is 18.6 Å². The van der Waals surface area contributed by atoms with Crippen molar-refractivity contribution in [3.05, 3.63) is 71.7 Å². The third-order valence-corrected chi connectivity index (χ3v) is 6.04. The van der Waals surface area contributed by atoms with E-state index in [1.165, 1.54) is 11.8 Å². The van der Waals surface area contributed by atoms with Crippen LogP contribution in [0.15, 0.2) is 64.4 Å². The van der Waals surface area contributed by atoms with E-state index in [9.17, 15) is 4.79 Å². The van der Waals surface area contributed by atoms with E-state index in [-0.39, 0.29) is 11.5 Å². The minimum absolute atomic E-state index is 0.0592. The maximum absolute atomic E-state index is 13.0. The molecule has 0 aliphatic rings. The lowest BCUT2D eigenvalue weighted by Gasteiger charge is -2.09. The molecule has 31 heavy (non-hydrogen) atoms. The smallest absolute Gasteiger partial charge is 0.205 e. The molecule has 0 bridgehead atoms. The summed E-state index contributed by atoms with van der Waals surface area (Å²) in [7, 11) is 1.68. The van der Waals surface area contributed by atoms with Gasteiger partial charge >= 0.3 is 0 Å². The number of carbonyl (C=O) groups excluding carboxylic acids is 1. The van der Waals surface area contributed by atoms with Crippen LogP contribution < -0.4 is 0 Å². The van der Waals surface area contributed by atoms with Gasteiger partial charge in [0.2, 0.25) is 5.82 Å². The first-order chi connectivity index (χ1) is 15.1. The zero-order valence-electron chi connectivity index (χ0n) is 17.7. The lowest BCUT2D eigenvalue weighted by atomic mass is 10.2. The molecule has 1 aromatic carbocycles. The van der Waals surface area contributed by atoms with E-state index in [4.69, 9.17) is 9.15 Å². The Balaban J connectivity index is 1.59. The Hall–Kier alpha value is -3.10. The van der Waals surface area contributed by atoms with Gasteiger partial charge in [0.25, 0.3) is 0 Å². The van der Waals surface area contributed by atoms with Gasteiger partial charge in [-0.05, 0) is 44.2 Å². The molecule has 3 aromatic heterocycles. The van der Waals surface area contributed by atoms with Crippen LogP contribution in [0.3, 0.4) is 0 Å². The highest BCUT2D eigenvalue weighted by atomic mass is 32.2. The Labute approximate surface area is 185 Å². The van der Waals surface area contributed by atoms with Crippen LogP contribution in [-0.4, -0.2) is 44.6 Å². The number of ether oxygens (including phenoxy) is 1. The van der Waals surface area contributed by atoms with Crippen molar-refractivity contribution in [1.29, 1.82) is 0 Å². The van der Waals surface area contributed by atoms with E-state index in [0.29, 0.717) is 23.3 Å². The fourth-order valence-corrected chi connectivity index (χ4v) is 4.39. The Bertz CT molecular complexity index is 1160. The van der Waals surface area contributed by atoms with Gasteiger partial charge in [0.15, 0.2) is 16.7 Å². The highest BCUT2D eigenvalue weighted by molar-refractivity contribution is 7.99. The lowest BCUT2D eigenvalue weighted by Crippen LogP contribution is -2.10. The van der Waals surface area contributed by atoms with Crippen molar-refractivity contribution in [3.63, 3.8) is 0 Å². The Morgan fingerprint density at radius 1 is 1.13 bits per heavy atom. The van der Waals surface area contributed by atoms with Crippen molar-refractivity contribution >= 4 is 17.5 Å². The third kappa shape index (κ3) is 4.35. The van der Waals surface area contributed by atoms with Crippen LogP contribution in [0.1, 0.15) is 21.7 Å². The number of ketones is 1. The molecule has 0 amide bonds. The average molecular weight is 437 g/mol. The number of nitrogens with zero attached hydrogens (tertiary/aromatic N) is 4. The topological polar surface area (TPSA) is 75.1 Å². The molecule has 4 rings (SSSR count). The van der Waals surface area contributed by atoms with Crippen molar-refractivity contribution < 1.29 is 13.9 Å². The number of Topliss-reactive ketones (excluding diaryl/α,β-unsaturated/α-hetero) is 1. The van der Waals surface area contributed by atoms with Crippen LogP contribution in [0.5, 0.6) is 0 Å². The van der Waals surface area contributed by atoms with Crippen molar-refractivity contribution in [2.45, 2.75) is 25.5 Å². The summed E-state index contributed by atoms with van der Waals surface area (Å²) < 4.78 is 14.8. The summed E-state index contributed by atoms with van der Waals surface area (Å²) in [5.41, 5.74) is 3.65. The molecule has 0 fully saturated rings. The summed E-state index contributed by atoms with van der Waals surface area (Å²) in [5, 5.41) is 9.30. The Morgan fingerprint density at radius 3 is 2.65 bits per heavy atom. The number of aryl methyl sites for hydroxylation is 1. The minimum atomic E-state index is 0.0592. The van der Waals surface area contributed by atoms with Crippen LogP contribution >= 0.6 is 11.8 Å². The number of rotatable bonds is 9. The molecule has 4 aromatic rings. The van der Waals surface area contributed by atoms with Crippen molar-refractivity contribution in [2.75, 3.05) is 19.5 Å². The van der Waals surface area contributed by atoms with E-state index in [0.717, 1.165) is 29.2 Å². The summed E-state index contributed by atoms with van der Waals surface area (Å²) >= 11 is 1.37. The first-order valence-electron chi connectivity index (χ1n) is 9.96. The van der Waals surface area contributed by atoms with Gasteiger partial charge in [-0.1, -0.05) is 30.0 Å². The molecule has 8 heteroatoms. The normalized spacial score (nSPS) is 11.2. The van der Waals surface area contributed by atoms with Crippen molar-refractivity contribution in [1.82, 2.24) is 19.3 Å². The molecule has 0 aliphatic heterocycles. The monoisotopic (exact) mass is 436 g/mol. The van der Waals surface area contributed by atoms with E-state index >= 15 is 0 Å². The molecule has 0 unspecified atom stereocenters. The number of hydrogen-bond donors (Lipinski definition) is 0. The minimum Gasteiger partial charge on any atom is -0.461 e. The van der Waals surface area contributed by atoms with E-state index < -0.39 is 0 Å². The van der Waals surface area contributed by atoms with Crippen LogP contribution in [0.2, 0.25) is 0 Å². The SMILES string of the molecule is COCCn1c(C)cc(C(=O)CSc2nnc(-c3ccco3)n2-c2ccccc2)c1C. The first kappa shape index (κ1) is 21.1. The maximum Gasteiger partial charge on any atom is 0.205 e. The number of thioether (sulfide) groups is 1. The van der Waals surface area contributed by atoms with Gasteiger partial charge in [0, 0.05) is 36.3 Å². The molecule has 3 heterocycles. The lowest BCUT2D eigenvalue weighted by molar-refractivity contribution is 0.102. The quantitative estimate of drug-likeness (QED) is 0.283. The number of benzene rings is 1. The number of furan rings is 1. The van der Waals surface area contributed by atoms with Gasteiger partial charge in [-0.2, -0.15) is 0 Å². The summed E-state index contributed by atoms with van der Waals surface area (Å²) in [5.74, 6) is 1.54. The fourth-order valence-electron chi connectivity index (χ4n) is 3.56. The first-order valence-corrected chi connectivity index (χ1v) is 10.9. The fraction of sp³-hybridized carbons (Fsp3) is 0.261. The highest BCUT2D eigenvalue weighted by Gasteiger charge is 2.21. The number of aromatic nitrogens is 4. The molecule has 0 atom stereocenters. The predicted octanol–water partition coefficient (Wildman–Crippen LogP) is 4.57. The summed E-state index contributed by atoms with van der Waals surface area (Å²) in [4.78, 5) is 13.0. The number of para-hydroxylation sites is 1. The third-order valence-electron chi connectivity index (χ3n) is 5.11. The Morgan fingerprint density at radius 2 is 1.94 bits per heavy atom. The van der Waals surface area contributed by atoms with E-state index in [2.05, 4.69) is 14.8 Å².